The lowest BCUT2D eigenvalue weighted by molar-refractivity contribution is -0.141. The summed E-state index contributed by atoms with van der Waals surface area (Å²) in [5.41, 5.74) is 2.19. The van der Waals surface area contributed by atoms with Crippen LogP contribution in [0.2, 0.25) is 0 Å². The van der Waals surface area contributed by atoms with Crippen LogP contribution in [0, 0.1) is 5.82 Å². The van der Waals surface area contributed by atoms with Gasteiger partial charge in [-0.2, -0.15) is 0 Å². The van der Waals surface area contributed by atoms with Crippen molar-refractivity contribution in [3.05, 3.63) is 102 Å². The predicted octanol–water partition coefficient (Wildman–Crippen LogP) is 5.46. The molecular weight excluding hydrogens is 553 g/mol. The number of benzene rings is 3. The molecule has 1 N–H and O–H groups in total. The van der Waals surface area contributed by atoms with Crippen LogP contribution < -0.4 is 9.62 Å². The average Bonchev–Trinajstić information content (AvgIpc) is 2.98. The first-order valence-corrected chi connectivity index (χ1v) is 16.5. The summed E-state index contributed by atoms with van der Waals surface area (Å²) in [6, 6.07) is 23.8. The van der Waals surface area contributed by atoms with E-state index in [4.69, 9.17) is 0 Å². The molecule has 0 aromatic heterocycles. The molecule has 0 spiro atoms. The highest BCUT2D eigenvalue weighted by Gasteiger charge is 2.32. The number of carbonyl (C=O) groups excluding carboxylic acids is 2. The molecule has 3 aromatic rings. The van der Waals surface area contributed by atoms with Crippen molar-refractivity contribution in [3.8, 4) is 0 Å². The number of amides is 2. The normalized spacial score (nSPS) is 14.6. The Labute approximate surface area is 248 Å². The second kappa shape index (κ2) is 15.0. The van der Waals surface area contributed by atoms with Crippen LogP contribution in [0.3, 0.4) is 0 Å². The molecule has 224 valence electrons. The van der Waals surface area contributed by atoms with Gasteiger partial charge in [-0.1, -0.05) is 79.9 Å². The van der Waals surface area contributed by atoms with Crippen LogP contribution in [0.5, 0.6) is 0 Å². The highest BCUT2D eigenvalue weighted by Crippen LogP contribution is 2.22. The van der Waals surface area contributed by atoms with Crippen LogP contribution >= 0.6 is 0 Å². The van der Waals surface area contributed by atoms with E-state index in [1.54, 1.807) is 4.90 Å². The van der Waals surface area contributed by atoms with Crippen molar-refractivity contribution >= 4 is 27.5 Å². The Morgan fingerprint density at radius 1 is 0.881 bits per heavy atom. The third-order valence-corrected chi connectivity index (χ3v) is 8.88. The minimum atomic E-state index is -3.66. The molecule has 9 heteroatoms. The van der Waals surface area contributed by atoms with Crippen LogP contribution in [0.15, 0.2) is 84.9 Å². The summed E-state index contributed by atoms with van der Waals surface area (Å²) in [6.07, 6.45) is 6.91. The van der Waals surface area contributed by atoms with Crippen LogP contribution in [-0.4, -0.2) is 50.0 Å². The van der Waals surface area contributed by atoms with Crippen LogP contribution in [-0.2, 0) is 32.6 Å². The molecule has 0 saturated heterocycles. The molecule has 0 aliphatic heterocycles. The molecule has 0 unspecified atom stereocenters. The largest absolute Gasteiger partial charge is 0.352 e. The topological polar surface area (TPSA) is 86.8 Å². The van der Waals surface area contributed by atoms with Crippen molar-refractivity contribution in [1.82, 2.24) is 10.2 Å². The molecule has 7 nitrogen and oxygen atoms in total. The van der Waals surface area contributed by atoms with Gasteiger partial charge in [0.25, 0.3) is 0 Å². The van der Waals surface area contributed by atoms with E-state index in [0.29, 0.717) is 12.1 Å². The molecule has 0 bridgehead atoms. The van der Waals surface area contributed by atoms with E-state index in [-0.39, 0.29) is 43.8 Å². The zero-order chi connectivity index (χ0) is 30.0. The molecule has 1 aliphatic carbocycles. The predicted molar refractivity (Wildman–Crippen MR) is 164 cm³/mol. The SMILES string of the molecule is CS(=O)(=O)N(CCCC(=O)N(Cc1ccccc1)[C@@H](Cc1ccccc1)C(=O)NC1CCCCC1)c1ccc(F)cc1. The molecule has 3 aromatic carbocycles. The fourth-order valence-electron chi connectivity index (χ4n) is 5.49. The molecule has 1 aliphatic rings. The van der Waals surface area contributed by atoms with E-state index in [1.165, 1.54) is 35.0 Å². The first kappa shape index (κ1) is 31.2. The number of sulfonamides is 1. The van der Waals surface area contributed by atoms with E-state index < -0.39 is 21.9 Å². The summed E-state index contributed by atoms with van der Waals surface area (Å²) in [7, 11) is -3.66. The van der Waals surface area contributed by atoms with Crippen molar-refractivity contribution in [3.63, 3.8) is 0 Å². The van der Waals surface area contributed by atoms with Gasteiger partial charge in [-0.15, -0.1) is 0 Å². The first-order chi connectivity index (χ1) is 20.2. The number of nitrogens with one attached hydrogen (secondary N) is 1. The highest BCUT2D eigenvalue weighted by atomic mass is 32.2. The van der Waals surface area contributed by atoms with Gasteiger partial charge in [0.15, 0.2) is 0 Å². The lowest BCUT2D eigenvalue weighted by atomic mass is 9.94. The Morgan fingerprint density at radius 2 is 1.48 bits per heavy atom. The molecule has 1 atom stereocenters. The van der Waals surface area contributed by atoms with Crippen molar-refractivity contribution < 1.29 is 22.4 Å². The van der Waals surface area contributed by atoms with Crippen molar-refractivity contribution in [2.45, 2.75) is 70.0 Å². The maximum absolute atomic E-state index is 13.9. The van der Waals surface area contributed by atoms with Gasteiger partial charge < -0.3 is 10.2 Å². The highest BCUT2D eigenvalue weighted by molar-refractivity contribution is 7.92. The molecule has 1 saturated carbocycles. The molecule has 1 fully saturated rings. The zero-order valence-electron chi connectivity index (χ0n) is 24.1. The Bertz CT molecular complexity index is 1400. The third kappa shape index (κ3) is 9.14. The smallest absolute Gasteiger partial charge is 0.243 e. The van der Waals surface area contributed by atoms with E-state index in [2.05, 4.69) is 5.32 Å². The van der Waals surface area contributed by atoms with Gasteiger partial charge in [-0.25, -0.2) is 12.8 Å². The standard InChI is InChI=1S/C33H40FN3O4S/c1-42(40,41)37(30-21-19-28(34)20-22-30)23-11-18-32(38)36(25-27-14-7-3-8-15-27)31(24-26-12-5-2-6-13-26)33(39)35-29-16-9-4-10-17-29/h2-3,5-8,12-15,19-22,29,31H,4,9-11,16-18,23-25H2,1H3,(H,35,39)/t31-/m0/s1. The van der Waals surface area contributed by atoms with Crippen molar-refractivity contribution in [2.75, 3.05) is 17.1 Å². The van der Waals surface area contributed by atoms with E-state index in [0.717, 1.165) is 43.1 Å². The Morgan fingerprint density at radius 3 is 2.07 bits per heavy atom. The number of nitrogens with zero attached hydrogens (tertiary/aromatic N) is 2. The van der Waals surface area contributed by atoms with Gasteiger partial charge in [0, 0.05) is 32.0 Å². The van der Waals surface area contributed by atoms with Crippen LogP contribution in [0.4, 0.5) is 10.1 Å². The maximum Gasteiger partial charge on any atom is 0.243 e. The fraction of sp³-hybridized carbons (Fsp3) is 0.394. The van der Waals surface area contributed by atoms with E-state index in [1.807, 2.05) is 60.7 Å². The second-order valence-electron chi connectivity index (χ2n) is 11.0. The lowest BCUT2D eigenvalue weighted by Gasteiger charge is -2.34. The summed E-state index contributed by atoms with van der Waals surface area (Å²) >= 11 is 0. The molecule has 0 heterocycles. The van der Waals surface area contributed by atoms with E-state index in [9.17, 15) is 22.4 Å². The monoisotopic (exact) mass is 593 g/mol. The van der Waals surface area contributed by atoms with Crippen LogP contribution in [0.25, 0.3) is 0 Å². The minimum absolute atomic E-state index is 0.0437. The van der Waals surface area contributed by atoms with Crippen molar-refractivity contribution in [2.24, 2.45) is 0 Å². The second-order valence-corrected chi connectivity index (χ2v) is 12.9. The number of rotatable bonds is 13. The molecule has 2 amide bonds. The minimum Gasteiger partial charge on any atom is -0.352 e. The zero-order valence-corrected chi connectivity index (χ0v) is 24.9. The molecule has 0 radical (unpaired) electrons. The molecule has 4 rings (SSSR count). The number of carbonyl (C=O) groups is 2. The molecule has 42 heavy (non-hydrogen) atoms. The van der Waals surface area contributed by atoms with Gasteiger partial charge >= 0.3 is 0 Å². The maximum atomic E-state index is 13.9. The summed E-state index contributed by atoms with van der Waals surface area (Å²) in [5.74, 6) is -0.861. The Kier molecular flexibility index (Phi) is 11.1. The van der Waals surface area contributed by atoms with Gasteiger partial charge in [-0.3, -0.25) is 13.9 Å². The quantitative estimate of drug-likeness (QED) is 0.285. The average molecular weight is 594 g/mol. The number of anilines is 1. The van der Waals surface area contributed by atoms with Gasteiger partial charge in [-0.05, 0) is 54.7 Å². The Balaban J connectivity index is 1.56. The fourth-order valence-corrected chi connectivity index (χ4v) is 6.46. The Hall–Kier alpha value is -3.72. The summed E-state index contributed by atoms with van der Waals surface area (Å²) < 4.78 is 39.7. The number of halogens is 1. The summed E-state index contributed by atoms with van der Waals surface area (Å²) in [4.78, 5) is 29.4. The first-order valence-electron chi connectivity index (χ1n) is 14.6. The van der Waals surface area contributed by atoms with Crippen LogP contribution in [0.1, 0.15) is 56.1 Å². The molecular formula is C33H40FN3O4S. The van der Waals surface area contributed by atoms with E-state index >= 15 is 0 Å². The van der Waals surface area contributed by atoms with Crippen molar-refractivity contribution in [1.29, 1.82) is 0 Å². The van der Waals surface area contributed by atoms with Gasteiger partial charge in [0.2, 0.25) is 21.8 Å². The van der Waals surface area contributed by atoms with Gasteiger partial charge in [0.1, 0.15) is 11.9 Å². The number of hydrogen-bond acceptors (Lipinski definition) is 4. The third-order valence-electron chi connectivity index (χ3n) is 7.69. The summed E-state index contributed by atoms with van der Waals surface area (Å²) in [6.45, 7) is 0.302. The summed E-state index contributed by atoms with van der Waals surface area (Å²) in [5, 5.41) is 3.23. The number of hydrogen-bond donors (Lipinski definition) is 1. The lowest BCUT2D eigenvalue weighted by Crippen LogP contribution is -2.52. The van der Waals surface area contributed by atoms with Gasteiger partial charge in [0.05, 0.1) is 11.9 Å².